The highest BCUT2D eigenvalue weighted by atomic mass is 35.5. The van der Waals surface area contributed by atoms with Crippen molar-refractivity contribution in [3.63, 3.8) is 0 Å². The second kappa shape index (κ2) is 6.37. The van der Waals surface area contributed by atoms with Gasteiger partial charge in [-0.15, -0.1) is 11.6 Å². The molecule has 1 aliphatic heterocycles. The van der Waals surface area contributed by atoms with Gasteiger partial charge in [0.05, 0.1) is 11.6 Å². The van der Waals surface area contributed by atoms with Crippen molar-refractivity contribution in [1.82, 2.24) is 9.97 Å². The minimum atomic E-state index is 0.262. The molecule has 2 aromatic rings. The Labute approximate surface area is 132 Å². The molecule has 0 unspecified atom stereocenters. The summed E-state index contributed by atoms with van der Waals surface area (Å²) in [6.07, 6.45) is 2.26. The molecular formula is C14H13Cl2N3O2. The van der Waals surface area contributed by atoms with Crippen LogP contribution in [0.5, 0.6) is 11.5 Å². The number of fused-ring (bicyclic) bond motifs is 1. The molecule has 1 aliphatic rings. The Kier molecular flexibility index (Phi) is 4.31. The van der Waals surface area contributed by atoms with Crippen LogP contribution in [-0.4, -0.2) is 23.3 Å². The number of nitrogens with one attached hydrogen (secondary N) is 1. The summed E-state index contributed by atoms with van der Waals surface area (Å²) in [7, 11) is 0. The summed E-state index contributed by atoms with van der Waals surface area (Å²) in [6.45, 7) is 0.979. The molecule has 0 amide bonds. The third kappa shape index (κ3) is 3.14. The zero-order chi connectivity index (χ0) is 14.7. The molecule has 0 saturated heterocycles. The fourth-order valence-electron chi connectivity index (χ4n) is 2.04. The molecule has 7 heteroatoms. The molecule has 0 radical (unpaired) electrons. The van der Waals surface area contributed by atoms with E-state index in [1.165, 1.54) is 6.33 Å². The van der Waals surface area contributed by atoms with Crippen LogP contribution < -0.4 is 14.8 Å². The smallest absolute Gasteiger partial charge is 0.231 e. The number of aromatic nitrogens is 2. The Bertz CT molecular complexity index is 652. The van der Waals surface area contributed by atoms with Gasteiger partial charge >= 0.3 is 0 Å². The van der Waals surface area contributed by atoms with E-state index in [-0.39, 0.29) is 12.7 Å². The molecule has 3 rings (SSSR count). The number of hydrogen-bond donors (Lipinski definition) is 1. The maximum atomic E-state index is 6.16. The lowest BCUT2D eigenvalue weighted by Crippen LogP contribution is -2.08. The number of alkyl halides is 1. The first-order valence-electron chi connectivity index (χ1n) is 6.45. The molecule has 0 bridgehead atoms. The van der Waals surface area contributed by atoms with E-state index in [1.54, 1.807) is 0 Å². The van der Waals surface area contributed by atoms with Gasteiger partial charge in [-0.3, -0.25) is 0 Å². The molecule has 0 aliphatic carbocycles. The van der Waals surface area contributed by atoms with Crippen LogP contribution in [0.25, 0.3) is 0 Å². The maximum absolute atomic E-state index is 6.16. The van der Waals surface area contributed by atoms with Gasteiger partial charge in [0, 0.05) is 6.54 Å². The highest BCUT2D eigenvalue weighted by Crippen LogP contribution is 2.32. The Morgan fingerprint density at radius 1 is 1.19 bits per heavy atom. The van der Waals surface area contributed by atoms with Crippen LogP contribution in [0.1, 0.15) is 11.3 Å². The van der Waals surface area contributed by atoms with Crippen LogP contribution >= 0.6 is 23.2 Å². The first kappa shape index (κ1) is 14.2. The fraction of sp³-hybridized carbons (Fsp3) is 0.286. The van der Waals surface area contributed by atoms with Gasteiger partial charge in [0.15, 0.2) is 11.5 Å². The summed E-state index contributed by atoms with van der Waals surface area (Å²) in [4.78, 5) is 8.14. The van der Waals surface area contributed by atoms with E-state index in [0.717, 1.165) is 23.5 Å². The Morgan fingerprint density at radius 2 is 2.05 bits per heavy atom. The topological polar surface area (TPSA) is 56.3 Å². The van der Waals surface area contributed by atoms with E-state index < -0.39 is 0 Å². The van der Waals surface area contributed by atoms with Crippen LogP contribution in [0.2, 0.25) is 5.02 Å². The van der Waals surface area contributed by atoms with Gasteiger partial charge in [-0.25, -0.2) is 9.97 Å². The van der Waals surface area contributed by atoms with Crippen molar-refractivity contribution in [1.29, 1.82) is 0 Å². The van der Waals surface area contributed by atoms with Gasteiger partial charge in [0.25, 0.3) is 0 Å². The number of ether oxygens (including phenoxy) is 2. The molecule has 0 atom stereocenters. The molecular weight excluding hydrogens is 313 g/mol. The van der Waals surface area contributed by atoms with Crippen LogP contribution in [0.4, 0.5) is 5.82 Å². The van der Waals surface area contributed by atoms with E-state index in [2.05, 4.69) is 15.3 Å². The monoisotopic (exact) mass is 325 g/mol. The number of halogens is 2. The van der Waals surface area contributed by atoms with E-state index in [0.29, 0.717) is 23.1 Å². The van der Waals surface area contributed by atoms with Gasteiger partial charge in [-0.05, 0) is 24.1 Å². The van der Waals surface area contributed by atoms with E-state index in [4.69, 9.17) is 32.7 Å². The average molecular weight is 326 g/mol. The lowest BCUT2D eigenvalue weighted by atomic mass is 10.1. The first-order valence-corrected chi connectivity index (χ1v) is 7.37. The minimum Gasteiger partial charge on any atom is -0.454 e. The number of rotatable bonds is 5. The van der Waals surface area contributed by atoms with Crippen molar-refractivity contribution in [3.05, 3.63) is 40.8 Å². The molecule has 5 nitrogen and oxygen atoms in total. The second-order valence-corrected chi connectivity index (χ2v) is 5.13. The summed E-state index contributed by atoms with van der Waals surface area (Å²) >= 11 is 11.9. The average Bonchev–Trinajstić information content (AvgIpc) is 2.96. The predicted octanol–water partition coefficient (Wildman–Crippen LogP) is 3.25. The van der Waals surface area contributed by atoms with E-state index in [1.807, 2.05) is 18.2 Å². The predicted molar refractivity (Wildman–Crippen MR) is 81.4 cm³/mol. The van der Waals surface area contributed by atoms with Crippen LogP contribution in [0.15, 0.2) is 24.5 Å². The van der Waals surface area contributed by atoms with Gasteiger partial charge in [-0.2, -0.15) is 0 Å². The van der Waals surface area contributed by atoms with Crippen LogP contribution in [0, 0.1) is 0 Å². The molecule has 110 valence electrons. The quantitative estimate of drug-likeness (QED) is 0.855. The molecule has 1 N–H and O–H groups in total. The summed E-state index contributed by atoms with van der Waals surface area (Å²) in [6, 6.07) is 5.91. The lowest BCUT2D eigenvalue weighted by molar-refractivity contribution is 0.174. The van der Waals surface area contributed by atoms with Crippen molar-refractivity contribution in [2.24, 2.45) is 0 Å². The molecule has 21 heavy (non-hydrogen) atoms. The molecule has 0 fully saturated rings. The Hall–Kier alpha value is -1.72. The molecule has 1 aromatic heterocycles. The summed E-state index contributed by atoms with van der Waals surface area (Å²) < 4.78 is 10.6. The highest BCUT2D eigenvalue weighted by Gasteiger charge is 2.13. The zero-order valence-electron chi connectivity index (χ0n) is 11.1. The fourth-order valence-corrected chi connectivity index (χ4v) is 2.55. The van der Waals surface area contributed by atoms with Crippen molar-refractivity contribution in [3.8, 4) is 11.5 Å². The van der Waals surface area contributed by atoms with Crippen molar-refractivity contribution in [2.75, 3.05) is 18.7 Å². The van der Waals surface area contributed by atoms with Crippen LogP contribution in [0.3, 0.4) is 0 Å². The van der Waals surface area contributed by atoms with Crippen molar-refractivity contribution < 1.29 is 9.47 Å². The molecule has 0 saturated carbocycles. The summed E-state index contributed by atoms with van der Waals surface area (Å²) in [5, 5.41) is 3.66. The van der Waals surface area contributed by atoms with Crippen molar-refractivity contribution in [2.45, 2.75) is 12.3 Å². The maximum Gasteiger partial charge on any atom is 0.231 e. The number of hydrogen-bond acceptors (Lipinski definition) is 5. The largest absolute Gasteiger partial charge is 0.454 e. The van der Waals surface area contributed by atoms with E-state index in [9.17, 15) is 0 Å². The lowest BCUT2D eigenvalue weighted by Gasteiger charge is -2.09. The van der Waals surface area contributed by atoms with Gasteiger partial charge in [0.1, 0.15) is 17.2 Å². The third-order valence-corrected chi connectivity index (χ3v) is 3.78. The number of nitrogens with zero attached hydrogens (tertiary/aromatic N) is 2. The van der Waals surface area contributed by atoms with E-state index >= 15 is 0 Å². The standard InChI is InChI=1S/C14H13Cl2N3O2/c15-6-10-13(16)14(19-7-18-10)17-4-3-9-1-2-11-12(5-9)21-8-20-11/h1-2,5,7H,3-4,6,8H2,(H,17,18,19). The molecule has 1 aromatic carbocycles. The SMILES string of the molecule is ClCc1ncnc(NCCc2ccc3c(c2)OCO3)c1Cl. The third-order valence-electron chi connectivity index (χ3n) is 3.13. The Morgan fingerprint density at radius 3 is 2.90 bits per heavy atom. The van der Waals surface area contributed by atoms with Gasteiger partial charge < -0.3 is 14.8 Å². The summed E-state index contributed by atoms with van der Waals surface area (Å²) in [5.41, 5.74) is 1.77. The number of anilines is 1. The Balaban J connectivity index is 1.61. The van der Waals surface area contributed by atoms with Crippen LogP contribution in [-0.2, 0) is 12.3 Å². The first-order chi connectivity index (χ1) is 10.3. The summed E-state index contributed by atoms with van der Waals surface area (Å²) in [5.74, 6) is 2.44. The normalized spacial score (nSPS) is 12.5. The second-order valence-electron chi connectivity index (χ2n) is 4.48. The zero-order valence-corrected chi connectivity index (χ0v) is 12.6. The molecule has 2 heterocycles. The number of benzene rings is 1. The van der Waals surface area contributed by atoms with Gasteiger partial charge in [0.2, 0.25) is 6.79 Å². The van der Waals surface area contributed by atoms with Gasteiger partial charge in [-0.1, -0.05) is 17.7 Å². The molecule has 0 spiro atoms. The minimum absolute atomic E-state index is 0.262. The highest BCUT2D eigenvalue weighted by molar-refractivity contribution is 6.34. The van der Waals surface area contributed by atoms with Crippen molar-refractivity contribution >= 4 is 29.0 Å².